The Bertz CT molecular complexity index is 520. The Balaban J connectivity index is 1.86. The Labute approximate surface area is 119 Å². The van der Waals surface area contributed by atoms with Crippen LogP contribution in [0.25, 0.3) is 0 Å². The fraction of sp³-hybridized carbons (Fsp3) is 0.467. The molecule has 0 radical (unpaired) electrons. The van der Waals surface area contributed by atoms with Gasteiger partial charge in [-0.2, -0.15) is 4.98 Å². The lowest BCUT2D eigenvalue weighted by Gasteiger charge is -2.07. The third-order valence-electron chi connectivity index (χ3n) is 2.83. The van der Waals surface area contributed by atoms with Gasteiger partial charge in [-0.1, -0.05) is 24.2 Å². The van der Waals surface area contributed by atoms with Crippen LogP contribution in [-0.4, -0.2) is 16.2 Å². The van der Waals surface area contributed by atoms with E-state index in [9.17, 15) is 0 Å². The largest absolute Gasteiger partial charge is 0.484 e. The van der Waals surface area contributed by atoms with Gasteiger partial charge in [0.05, 0.1) is 0 Å². The summed E-state index contributed by atoms with van der Waals surface area (Å²) < 4.78 is 10.7. The SMILES string of the molecule is CCCc1noc(COc2ccc(CC(C)N)cc2)n1. The standard InChI is InChI=1S/C15H21N3O2/c1-3-4-14-17-15(20-18-14)10-19-13-7-5-12(6-8-13)9-11(2)16/h5-8,11H,3-4,9-10,16H2,1-2H3. The van der Waals surface area contributed by atoms with Crippen LogP contribution in [0.3, 0.4) is 0 Å². The van der Waals surface area contributed by atoms with Crippen molar-refractivity contribution in [2.75, 3.05) is 0 Å². The van der Waals surface area contributed by atoms with Crippen molar-refractivity contribution in [2.45, 2.75) is 45.8 Å². The summed E-state index contributed by atoms with van der Waals surface area (Å²) >= 11 is 0. The number of nitrogens with two attached hydrogens (primary N) is 1. The van der Waals surface area contributed by atoms with E-state index < -0.39 is 0 Å². The summed E-state index contributed by atoms with van der Waals surface area (Å²) in [6.07, 6.45) is 2.70. The first kappa shape index (κ1) is 14.5. The minimum Gasteiger partial charge on any atom is -0.484 e. The first-order chi connectivity index (χ1) is 9.67. The molecule has 2 N–H and O–H groups in total. The first-order valence-corrected chi connectivity index (χ1v) is 6.96. The highest BCUT2D eigenvalue weighted by atomic mass is 16.5. The molecule has 5 heteroatoms. The number of benzene rings is 1. The van der Waals surface area contributed by atoms with Gasteiger partial charge in [-0.25, -0.2) is 0 Å². The van der Waals surface area contributed by atoms with Gasteiger partial charge in [0.15, 0.2) is 12.4 Å². The van der Waals surface area contributed by atoms with Gasteiger partial charge in [0, 0.05) is 12.5 Å². The van der Waals surface area contributed by atoms with Crippen molar-refractivity contribution in [3.8, 4) is 5.75 Å². The molecule has 0 aliphatic heterocycles. The van der Waals surface area contributed by atoms with E-state index in [0.717, 1.165) is 30.8 Å². The maximum atomic E-state index is 5.77. The van der Waals surface area contributed by atoms with Crippen LogP contribution in [0.5, 0.6) is 5.75 Å². The Morgan fingerprint density at radius 2 is 2.05 bits per heavy atom. The van der Waals surface area contributed by atoms with Crippen LogP contribution < -0.4 is 10.5 Å². The topological polar surface area (TPSA) is 74.2 Å². The number of ether oxygens (including phenoxy) is 1. The van der Waals surface area contributed by atoms with Crippen molar-refractivity contribution < 1.29 is 9.26 Å². The molecule has 5 nitrogen and oxygen atoms in total. The summed E-state index contributed by atoms with van der Waals surface area (Å²) in [6, 6.07) is 8.07. The zero-order valence-corrected chi connectivity index (χ0v) is 12.0. The second-order valence-electron chi connectivity index (χ2n) is 4.97. The third-order valence-corrected chi connectivity index (χ3v) is 2.83. The molecule has 0 saturated heterocycles. The van der Waals surface area contributed by atoms with Crippen molar-refractivity contribution >= 4 is 0 Å². The molecule has 1 atom stereocenters. The summed E-state index contributed by atoms with van der Waals surface area (Å²) in [5.74, 6) is 2.03. The Kier molecular flexibility index (Phi) is 5.12. The average Bonchev–Trinajstić information content (AvgIpc) is 2.86. The number of rotatable bonds is 7. The molecule has 0 fully saturated rings. The zero-order chi connectivity index (χ0) is 14.4. The quantitative estimate of drug-likeness (QED) is 0.840. The monoisotopic (exact) mass is 275 g/mol. The molecule has 2 aromatic rings. The Hall–Kier alpha value is -1.88. The second kappa shape index (κ2) is 7.05. The van der Waals surface area contributed by atoms with E-state index in [0.29, 0.717) is 12.5 Å². The summed E-state index contributed by atoms with van der Waals surface area (Å²) in [5, 5.41) is 3.88. The van der Waals surface area contributed by atoms with E-state index in [-0.39, 0.29) is 6.04 Å². The second-order valence-corrected chi connectivity index (χ2v) is 4.97. The van der Waals surface area contributed by atoms with Crippen LogP contribution >= 0.6 is 0 Å². The van der Waals surface area contributed by atoms with Gasteiger partial charge in [-0.15, -0.1) is 0 Å². The highest BCUT2D eigenvalue weighted by molar-refractivity contribution is 5.27. The highest BCUT2D eigenvalue weighted by Crippen LogP contribution is 2.14. The fourth-order valence-corrected chi connectivity index (χ4v) is 1.91. The van der Waals surface area contributed by atoms with Crippen molar-refractivity contribution in [3.63, 3.8) is 0 Å². The average molecular weight is 275 g/mol. The lowest BCUT2D eigenvalue weighted by Crippen LogP contribution is -2.17. The minimum absolute atomic E-state index is 0.164. The molecule has 0 aliphatic carbocycles. The highest BCUT2D eigenvalue weighted by Gasteiger charge is 2.06. The maximum Gasteiger partial charge on any atom is 0.264 e. The molecule has 0 saturated carbocycles. The molecular weight excluding hydrogens is 254 g/mol. The van der Waals surface area contributed by atoms with Crippen LogP contribution in [0.2, 0.25) is 0 Å². The molecule has 0 aliphatic rings. The molecule has 1 aromatic carbocycles. The number of nitrogens with zero attached hydrogens (tertiary/aromatic N) is 2. The molecule has 1 unspecified atom stereocenters. The molecule has 0 spiro atoms. The number of hydrogen-bond donors (Lipinski definition) is 1. The van der Waals surface area contributed by atoms with Crippen LogP contribution in [0.4, 0.5) is 0 Å². The molecule has 0 amide bonds. The lowest BCUT2D eigenvalue weighted by atomic mass is 10.1. The molecular formula is C15H21N3O2. The van der Waals surface area contributed by atoms with Gasteiger partial charge >= 0.3 is 0 Å². The predicted octanol–water partition coefficient (Wildman–Crippen LogP) is 2.49. The molecule has 20 heavy (non-hydrogen) atoms. The van der Waals surface area contributed by atoms with Crippen molar-refractivity contribution in [2.24, 2.45) is 5.73 Å². The lowest BCUT2D eigenvalue weighted by molar-refractivity contribution is 0.242. The Morgan fingerprint density at radius 1 is 1.30 bits per heavy atom. The van der Waals surface area contributed by atoms with Gasteiger partial charge in [0.1, 0.15) is 5.75 Å². The van der Waals surface area contributed by atoms with Gasteiger partial charge in [0.2, 0.25) is 0 Å². The maximum absolute atomic E-state index is 5.77. The predicted molar refractivity (Wildman–Crippen MR) is 76.4 cm³/mol. The first-order valence-electron chi connectivity index (χ1n) is 6.96. The van der Waals surface area contributed by atoms with E-state index in [1.807, 2.05) is 31.2 Å². The van der Waals surface area contributed by atoms with Crippen LogP contribution in [0.15, 0.2) is 28.8 Å². The van der Waals surface area contributed by atoms with E-state index >= 15 is 0 Å². The third kappa shape index (κ3) is 4.35. The van der Waals surface area contributed by atoms with E-state index in [2.05, 4.69) is 17.1 Å². The summed E-state index contributed by atoms with van der Waals surface area (Å²) in [4.78, 5) is 4.25. The van der Waals surface area contributed by atoms with Gasteiger partial charge in [-0.05, 0) is 37.5 Å². The number of aryl methyl sites for hydroxylation is 1. The normalized spacial score (nSPS) is 12.3. The smallest absolute Gasteiger partial charge is 0.264 e. The summed E-state index contributed by atoms with van der Waals surface area (Å²) in [7, 11) is 0. The van der Waals surface area contributed by atoms with Crippen molar-refractivity contribution in [1.29, 1.82) is 0 Å². The number of hydrogen-bond acceptors (Lipinski definition) is 5. The molecule has 1 heterocycles. The molecule has 108 valence electrons. The Morgan fingerprint density at radius 3 is 2.70 bits per heavy atom. The summed E-state index contributed by atoms with van der Waals surface area (Å²) in [6.45, 7) is 4.37. The summed E-state index contributed by atoms with van der Waals surface area (Å²) in [5.41, 5.74) is 6.97. The van der Waals surface area contributed by atoms with E-state index in [1.54, 1.807) is 0 Å². The van der Waals surface area contributed by atoms with Crippen LogP contribution in [0.1, 0.15) is 37.5 Å². The fourth-order valence-electron chi connectivity index (χ4n) is 1.91. The van der Waals surface area contributed by atoms with Crippen molar-refractivity contribution in [3.05, 3.63) is 41.5 Å². The van der Waals surface area contributed by atoms with Crippen molar-refractivity contribution in [1.82, 2.24) is 10.1 Å². The van der Waals surface area contributed by atoms with Crippen LogP contribution in [-0.2, 0) is 19.4 Å². The molecule has 1 aromatic heterocycles. The number of aromatic nitrogens is 2. The molecule has 0 bridgehead atoms. The van der Waals surface area contributed by atoms with Crippen LogP contribution in [0, 0.1) is 0 Å². The minimum atomic E-state index is 0.164. The van der Waals surface area contributed by atoms with Gasteiger partial charge in [-0.3, -0.25) is 0 Å². The van der Waals surface area contributed by atoms with Gasteiger partial charge in [0.25, 0.3) is 5.89 Å². The van der Waals surface area contributed by atoms with E-state index in [4.69, 9.17) is 15.0 Å². The molecule has 2 rings (SSSR count). The van der Waals surface area contributed by atoms with Gasteiger partial charge < -0.3 is 15.0 Å². The van der Waals surface area contributed by atoms with E-state index in [1.165, 1.54) is 5.56 Å². The zero-order valence-electron chi connectivity index (χ0n) is 12.0.